The van der Waals surface area contributed by atoms with E-state index in [1.807, 2.05) is 37.3 Å². The number of anilines is 2. The average molecular weight is 451 g/mol. The quantitative estimate of drug-likeness (QED) is 0.427. The van der Waals surface area contributed by atoms with Crippen molar-refractivity contribution in [3.63, 3.8) is 0 Å². The Labute approximate surface area is 186 Å². The first-order chi connectivity index (χ1) is 15.0. The third kappa shape index (κ3) is 4.96. The Morgan fingerprint density at radius 1 is 0.839 bits per heavy atom. The molecule has 4 aromatic rings. The molecular formula is C22H18N4O3S2. The van der Waals surface area contributed by atoms with E-state index in [1.165, 1.54) is 22.7 Å². The van der Waals surface area contributed by atoms with Crippen molar-refractivity contribution in [1.82, 2.24) is 10.2 Å². The lowest BCUT2D eigenvalue weighted by atomic mass is 10.2. The van der Waals surface area contributed by atoms with Crippen molar-refractivity contribution in [2.24, 2.45) is 0 Å². The molecule has 9 heteroatoms. The van der Waals surface area contributed by atoms with Crippen LogP contribution in [0.15, 0.2) is 60.7 Å². The highest BCUT2D eigenvalue weighted by molar-refractivity contribution is 7.18. The first-order valence-corrected chi connectivity index (χ1v) is 10.9. The first kappa shape index (κ1) is 20.7. The second-order valence-electron chi connectivity index (χ2n) is 6.54. The van der Waals surface area contributed by atoms with E-state index in [4.69, 9.17) is 4.74 Å². The molecule has 0 radical (unpaired) electrons. The van der Waals surface area contributed by atoms with E-state index in [1.54, 1.807) is 37.4 Å². The molecule has 0 spiro atoms. The maximum absolute atomic E-state index is 12.5. The molecule has 0 aliphatic carbocycles. The summed E-state index contributed by atoms with van der Waals surface area (Å²) in [5, 5.41) is 14.9. The highest BCUT2D eigenvalue weighted by atomic mass is 32.1. The van der Waals surface area contributed by atoms with Gasteiger partial charge in [-0.25, -0.2) is 0 Å². The lowest BCUT2D eigenvalue weighted by Gasteiger charge is -2.05. The summed E-state index contributed by atoms with van der Waals surface area (Å²) in [5.41, 5.74) is 1.95. The van der Waals surface area contributed by atoms with Crippen LogP contribution in [0.1, 0.15) is 24.9 Å². The molecule has 0 saturated carbocycles. The molecule has 0 unspecified atom stereocenters. The summed E-state index contributed by atoms with van der Waals surface area (Å²) in [6.07, 6.45) is 0. The van der Waals surface area contributed by atoms with Gasteiger partial charge in [-0.1, -0.05) is 11.3 Å². The maximum atomic E-state index is 12.5. The number of nitrogens with zero attached hydrogens (tertiary/aromatic N) is 2. The van der Waals surface area contributed by atoms with Crippen LogP contribution in [0.4, 0.5) is 10.8 Å². The van der Waals surface area contributed by atoms with Crippen LogP contribution in [0.5, 0.6) is 5.75 Å². The van der Waals surface area contributed by atoms with Crippen molar-refractivity contribution in [2.45, 2.75) is 6.92 Å². The number of hydrogen-bond acceptors (Lipinski definition) is 7. The van der Waals surface area contributed by atoms with Crippen molar-refractivity contribution in [2.75, 3.05) is 17.7 Å². The molecular weight excluding hydrogens is 432 g/mol. The Morgan fingerprint density at radius 3 is 2.23 bits per heavy atom. The van der Waals surface area contributed by atoms with Gasteiger partial charge in [-0.3, -0.25) is 14.9 Å². The number of aryl methyl sites for hydroxylation is 1. The second kappa shape index (κ2) is 9.07. The summed E-state index contributed by atoms with van der Waals surface area (Å²) < 4.78 is 5.15. The molecule has 31 heavy (non-hydrogen) atoms. The molecule has 7 nitrogen and oxygen atoms in total. The van der Waals surface area contributed by atoms with Gasteiger partial charge in [0.05, 0.1) is 12.0 Å². The fourth-order valence-electron chi connectivity index (χ4n) is 2.75. The Balaban J connectivity index is 1.38. The van der Waals surface area contributed by atoms with Crippen LogP contribution >= 0.6 is 22.7 Å². The van der Waals surface area contributed by atoms with Gasteiger partial charge in [0, 0.05) is 21.7 Å². The number of thiophene rings is 1. The number of ether oxygens (including phenoxy) is 1. The summed E-state index contributed by atoms with van der Waals surface area (Å²) in [5.74, 6) is 0.284. The Bertz CT molecular complexity index is 1210. The van der Waals surface area contributed by atoms with E-state index >= 15 is 0 Å². The Hall–Kier alpha value is -3.56. The zero-order chi connectivity index (χ0) is 21.8. The zero-order valence-corrected chi connectivity index (χ0v) is 18.3. The summed E-state index contributed by atoms with van der Waals surface area (Å²) in [6, 6.07) is 17.8. The number of methoxy groups -OCH3 is 1. The SMILES string of the molecule is COc1ccc(-c2nnc(NC(=O)c3ccc(NC(=O)c4ccc(C)s4)cc3)s2)cc1. The van der Waals surface area contributed by atoms with E-state index < -0.39 is 0 Å². The van der Waals surface area contributed by atoms with Crippen LogP contribution in [0.2, 0.25) is 0 Å². The summed E-state index contributed by atoms with van der Waals surface area (Å²) >= 11 is 2.72. The highest BCUT2D eigenvalue weighted by Gasteiger charge is 2.13. The third-order valence-electron chi connectivity index (χ3n) is 4.35. The molecule has 2 N–H and O–H groups in total. The van der Waals surface area contributed by atoms with E-state index in [0.29, 0.717) is 26.3 Å². The number of benzene rings is 2. The number of rotatable bonds is 6. The van der Waals surface area contributed by atoms with Crippen molar-refractivity contribution >= 4 is 45.3 Å². The normalized spacial score (nSPS) is 10.5. The molecule has 2 heterocycles. The predicted molar refractivity (Wildman–Crippen MR) is 123 cm³/mol. The predicted octanol–water partition coefficient (Wildman–Crippen LogP) is 5.09. The minimum Gasteiger partial charge on any atom is -0.497 e. The van der Waals surface area contributed by atoms with Crippen LogP contribution in [-0.2, 0) is 0 Å². The van der Waals surface area contributed by atoms with Gasteiger partial charge < -0.3 is 10.1 Å². The van der Waals surface area contributed by atoms with Gasteiger partial charge >= 0.3 is 0 Å². The van der Waals surface area contributed by atoms with Crippen LogP contribution in [-0.4, -0.2) is 29.1 Å². The van der Waals surface area contributed by atoms with Crippen LogP contribution < -0.4 is 15.4 Å². The molecule has 0 aliphatic heterocycles. The van der Waals surface area contributed by atoms with Crippen molar-refractivity contribution in [1.29, 1.82) is 0 Å². The highest BCUT2D eigenvalue weighted by Crippen LogP contribution is 2.28. The van der Waals surface area contributed by atoms with Gasteiger partial charge in [-0.15, -0.1) is 21.5 Å². The number of hydrogen-bond donors (Lipinski definition) is 2. The Morgan fingerprint density at radius 2 is 1.58 bits per heavy atom. The van der Waals surface area contributed by atoms with Gasteiger partial charge in [-0.05, 0) is 67.6 Å². The largest absolute Gasteiger partial charge is 0.497 e. The van der Waals surface area contributed by atoms with Gasteiger partial charge in [0.15, 0.2) is 0 Å². The van der Waals surface area contributed by atoms with Gasteiger partial charge in [0.2, 0.25) is 5.13 Å². The van der Waals surface area contributed by atoms with Gasteiger partial charge in [0.25, 0.3) is 11.8 Å². The van der Waals surface area contributed by atoms with E-state index in [-0.39, 0.29) is 11.8 Å². The van der Waals surface area contributed by atoms with Crippen LogP contribution in [0, 0.1) is 6.92 Å². The number of amides is 2. The van der Waals surface area contributed by atoms with Crippen LogP contribution in [0.25, 0.3) is 10.6 Å². The minimum atomic E-state index is -0.302. The molecule has 0 bridgehead atoms. The number of nitrogens with one attached hydrogen (secondary N) is 2. The molecule has 0 fully saturated rings. The van der Waals surface area contributed by atoms with E-state index in [0.717, 1.165) is 16.2 Å². The lowest BCUT2D eigenvalue weighted by molar-refractivity contribution is 0.102. The summed E-state index contributed by atoms with van der Waals surface area (Å²) in [6.45, 7) is 1.95. The van der Waals surface area contributed by atoms with Crippen molar-refractivity contribution in [3.05, 3.63) is 76.0 Å². The number of aromatic nitrogens is 2. The zero-order valence-electron chi connectivity index (χ0n) is 16.7. The van der Waals surface area contributed by atoms with Gasteiger partial charge in [0.1, 0.15) is 10.8 Å². The molecule has 0 saturated heterocycles. The molecule has 0 aliphatic rings. The van der Waals surface area contributed by atoms with Gasteiger partial charge in [-0.2, -0.15) is 0 Å². The molecule has 2 aromatic carbocycles. The van der Waals surface area contributed by atoms with E-state index in [9.17, 15) is 9.59 Å². The average Bonchev–Trinajstić information content (AvgIpc) is 3.43. The topological polar surface area (TPSA) is 93.2 Å². The maximum Gasteiger partial charge on any atom is 0.265 e. The van der Waals surface area contributed by atoms with Crippen LogP contribution in [0.3, 0.4) is 0 Å². The molecule has 2 aromatic heterocycles. The monoisotopic (exact) mass is 450 g/mol. The third-order valence-corrected chi connectivity index (χ3v) is 6.24. The molecule has 2 amide bonds. The standard InChI is InChI=1S/C22H18N4O3S2/c1-13-3-12-18(30-13)20(28)23-16-8-4-14(5-9-16)19(27)24-22-26-25-21(31-22)15-6-10-17(29-2)11-7-15/h3-12H,1-2H3,(H,23,28)(H,24,26,27). The van der Waals surface area contributed by atoms with E-state index in [2.05, 4.69) is 20.8 Å². The summed E-state index contributed by atoms with van der Waals surface area (Å²) in [4.78, 5) is 26.5. The summed E-state index contributed by atoms with van der Waals surface area (Å²) in [7, 11) is 1.61. The lowest BCUT2D eigenvalue weighted by Crippen LogP contribution is -2.13. The minimum absolute atomic E-state index is 0.171. The molecule has 4 rings (SSSR count). The second-order valence-corrected chi connectivity index (χ2v) is 8.80. The van der Waals surface area contributed by atoms with Crippen molar-refractivity contribution in [3.8, 4) is 16.3 Å². The number of carbonyl (C=O) groups is 2. The fraction of sp³-hybridized carbons (Fsp3) is 0.0909. The first-order valence-electron chi connectivity index (χ1n) is 9.29. The smallest absolute Gasteiger partial charge is 0.265 e. The Kier molecular flexibility index (Phi) is 6.06. The van der Waals surface area contributed by atoms with Crippen molar-refractivity contribution < 1.29 is 14.3 Å². The molecule has 0 atom stereocenters. The number of carbonyl (C=O) groups excluding carboxylic acids is 2. The molecule has 156 valence electrons. The fourth-order valence-corrected chi connectivity index (χ4v) is 4.25.